The fourth-order valence-corrected chi connectivity index (χ4v) is 28.8. The summed E-state index contributed by atoms with van der Waals surface area (Å²) in [6.45, 7) is 0. The summed E-state index contributed by atoms with van der Waals surface area (Å²) >= 11 is 7.24. The number of fused-ring (bicyclic) bond motifs is 5. The van der Waals surface area contributed by atoms with Crippen LogP contribution < -0.4 is 4.90 Å². The van der Waals surface area contributed by atoms with E-state index in [1.165, 1.54) is 27.9 Å². The first-order valence-corrected chi connectivity index (χ1v) is 31.1. The van der Waals surface area contributed by atoms with Gasteiger partial charge in [-0.2, -0.15) is 0 Å². The summed E-state index contributed by atoms with van der Waals surface area (Å²) in [6, 6.07) is 29.2. The molecule has 2 heteroatoms. The molecule has 6 aliphatic rings. The number of halogens is 1. The van der Waals surface area contributed by atoms with Crippen LogP contribution in [0.15, 0.2) is 72.8 Å². The number of para-hydroxylation sites is 1. The molecule has 2 spiro atoms. The van der Waals surface area contributed by atoms with Crippen LogP contribution in [0.3, 0.4) is 0 Å². The first kappa shape index (κ1) is 32.6. The highest BCUT2D eigenvalue weighted by molar-refractivity contribution is 6.82. The Morgan fingerprint density at radius 2 is 0.494 bits per heavy atom. The number of anilines is 1. The molecule has 37 rings (SSSR count). The second-order valence-electron chi connectivity index (χ2n) is 29.6. The van der Waals surface area contributed by atoms with E-state index in [0.717, 1.165) is 11.4 Å². The lowest BCUT2D eigenvalue weighted by atomic mass is 9.45. The summed E-state index contributed by atoms with van der Waals surface area (Å²) in [5.41, 5.74) is 13.2. The van der Waals surface area contributed by atoms with E-state index < -0.39 is 10.8 Å². The van der Waals surface area contributed by atoms with Gasteiger partial charge in [-0.05, 0) is 360 Å². The Balaban J connectivity index is 1.05. The van der Waals surface area contributed by atoms with Crippen LogP contribution in [0.1, 0.15) is 56.6 Å². The molecule has 0 amide bonds. The largest absolute Gasteiger partial charge is 0.355 e. The predicted molar refractivity (Wildman–Crippen MR) is 349 cm³/mol. The van der Waals surface area contributed by atoms with Crippen LogP contribution in [-0.4, -0.2) is 0 Å². The molecule has 0 saturated carbocycles. The molecule has 2 heterocycles. The number of hydrogen-bond donors (Lipinski definition) is 0. The van der Waals surface area contributed by atoms with Gasteiger partial charge in [0.2, 0.25) is 0 Å². The van der Waals surface area contributed by atoms with Gasteiger partial charge in [-0.15, -0.1) is 0 Å². The van der Waals surface area contributed by atoms with Crippen LogP contribution in [-0.2, 0) is 17.3 Å². The van der Waals surface area contributed by atoms with Crippen LogP contribution >= 0.6 is 11.6 Å². The maximum absolute atomic E-state index is 7.24. The number of nitrogens with zero attached hydrogens (tertiary/aromatic N) is 1. The normalized spacial score (nSPS) is 23.0. The number of rotatable bonds is 1. The van der Waals surface area contributed by atoms with Crippen molar-refractivity contribution in [3.8, 4) is 0 Å². The van der Waals surface area contributed by atoms with Gasteiger partial charge in [-0.25, -0.2) is 0 Å². The quantitative estimate of drug-likeness (QED) is 0.148. The standard InChI is InChI=1S/C81H16ClN/c82-17-11-9-14(10-12-17)78-80-74-66-58-48-38-30-22-20-21-24-28-26(22)34-42-36(28)46-40-32(24)33-25(21)29-27-23(20)31(30)39-45-35(27)43-37(29)47-41(33)51-50(40)60-54(46)64-56(42)62(52(58)44(34)38)68(74)72(64)76-70(60)71-61(51)55(47)65-57(43)63-53(45)59(49(39)48)67(66)75(80)69(63)73(65)77(71)81(76,80)79-18-7-3-1-5-15(18)13-16-6-2-4-8-19(16)83(78)79/h1-12,78-79H,13H2/t78-,79+,80?,81?/m0/s1. The molecule has 31 aromatic rings. The van der Waals surface area contributed by atoms with Gasteiger partial charge >= 0.3 is 0 Å². The zero-order valence-corrected chi connectivity index (χ0v) is 43.4. The molecule has 0 bridgehead atoms. The summed E-state index contributed by atoms with van der Waals surface area (Å²) in [4.78, 5) is 3.16. The average molecular weight is 1040 g/mol. The first-order valence-electron chi connectivity index (χ1n) is 30.8. The Labute approximate surface area is 461 Å². The van der Waals surface area contributed by atoms with Crippen molar-refractivity contribution in [2.45, 2.75) is 29.3 Å². The topological polar surface area (TPSA) is 3.24 Å². The fourth-order valence-electron chi connectivity index (χ4n) is 28.7. The monoisotopic (exact) mass is 1040 g/mol. The average Bonchev–Trinajstić information content (AvgIpc) is 1.39. The van der Waals surface area contributed by atoms with Crippen molar-refractivity contribution in [2.75, 3.05) is 4.90 Å². The fraction of sp³-hybridized carbons (Fsp3) is 0.0617. The SMILES string of the molecule is Clc1ccc([C@@H]2N3c4ccccc4Cc4ccccc4[C@@H]3C34c5c6c7c8c9c%10c(c%11c%12c3c3c5c5c%13c6c6c7c7c9c9c%14c%10c%10c%11c%11c%12c%12c3c3c5c5c%13c%13c6c6c7c9c7c9c%14c%10c%10c%11c%11c%12c3c3c5c5c%13c6c7c6c9c%10c%11c3c56)C824)cc1. The van der Waals surface area contributed by atoms with E-state index in [0.29, 0.717) is 0 Å². The van der Waals surface area contributed by atoms with Crippen LogP contribution in [0.2, 0.25) is 5.02 Å². The number of hydrogen-bond acceptors (Lipinski definition) is 1. The van der Waals surface area contributed by atoms with Crippen molar-refractivity contribution in [1.29, 1.82) is 0 Å². The maximum atomic E-state index is 7.24. The minimum Gasteiger partial charge on any atom is -0.355 e. The molecule has 1 nitrogen and oxygen atoms in total. The smallest absolute Gasteiger partial charge is 0.0703 e. The molecular formula is C81H16ClN. The van der Waals surface area contributed by atoms with Crippen LogP contribution in [0.5, 0.6) is 0 Å². The predicted octanol–water partition coefficient (Wildman–Crippen LogP) is 21.9. The summed E-state index contributed by atoms with van der Waals surface area (Å²) < 4.78 is 0. The zero-order chi connectivity index (χ0) is 49.9. The van der Waals surface area contributed by atoms with E-state index in [-0.39, 0.29) is 12.1 Å². The summed E-state index contributed by atoms with van der Waals surface area (Å²) in [6.07, 6.45) is 0.923. The molecule has 352 valence electrons. The summed E-state index contributed by atoms with van der Waals surface area (Å²) in [7, 11) is 0. The Morgan fingerprint density at radius 1 is 0.253 bits per heavy atom. The van der Waals surface area contributed by atoms with Gasteiger partial charge in [-0.3, -0.25) is 0 Å². The van der Waals surface area contributed by atoms with Gasteiger partial charge in [0.25, 0.3) is 0 Å². The van der Waals surface area contributed by atoms with Gasteiger partial charge in [0.15, 0.2) is 0 Å². The first-order chi connectivity index (χ1) is 41.3. The Bertz CT molecular complexity index is 8160. The van der Waals surface area contributed by atoms with Crippen molar-refractivity contribution in [1.82, 2.24) is 0 Å². The minimum absolute atomic E-state index is 0.0150. The van der Waals surface area contributed by atoms with Crippen molar-refractivity contribution < 1.29 is 0 Å². The van der Waals surface area contributed by atoms with Crippen LogP contribution in [0.25, 0.3) is 291 Å². The summed E-state index contributed by atoms with van der Waals surface area (Å²) in [5, 5.41) is 89.7. The van der Waals surface area contributed by atoms with Crippen molar-refractivity contribution in [3.05, 3.63) is 122 Å². The molecule has 1 fully saturated rings. The third-order valence-corrected chi connectivity index (χ3v) is 29.3. The van der Waals surface area contributed by atoms with Crippen molar-refractivity contribution in [3.63, 3.8) is 0 Å². The Morgan fingerprint density at radius 3 is 0.795 bits per heavy atom. The van der Waals surface area contributed by atoms with Gasteiger partial charge < -0.3 is 4.90 Å². The molecule has 0 N–H and O–H groups in total. The van der Waals surface area contributed by atoms with Gasteiger partial charge in [0.05, 0.1) is 22.9 Å². The van der Waals surface area contributed by atoms with E-state index in [9.17, 15) is 0 Å². The van der Waals surface area contributed by atoms with Gasteiger partial charge in [-0.1, -0.05) is 66.2 Å². The molecule has 1 saturated heterocycles. The van der Waals surface area contributed by atoms with Crippen molar-refractivity contribution in [2.24, 2.45) is 0 Å². The second-order valence-corrected chi connectivity index (χ2v) is 30.1. The molecule has 83 heavy (non-hydrogen) atoms. The highest BCUT2D eigenvalue weighted by Crippen LogP contribution is 2.90. The molecule has 0 aromatic heterocycles. The minimum atomic E-state index is -0.533. The Kier molecular flexibility index (Phi) is 3.08. The lowest BCUT2D eigenvalue weighted by molar-refractivity contribution is 0.333. The lowest BCUT2D eigenvalue weighted by Gasteiger charge is -2.53. The van der Waals surface area contributed by atoms with Crippen molar-refractivity contribution >= 4 is 308 Å². The van der Waals surface area contributed by atoms with Gasteiger partial charge in [0, 0.05) is 10.7 Å². The molecule has 2 atom stereocenters. The molecule has 4 aliphatic carbocycles. The molecule has 31 aromatic carbocycles. The van der Waals surface area contributed by atoms with E-state index in [1.807, 2.05) is 0 Å². The van der Waals surface area contributed by atoms with E-state index in [2.05, 4.69) is 77.7 Å². The van der Waals surface area contributed by atoms with E-state index in [1.54, 1.807) is 313 Å². The number of benzene rings is 21. The van der Waals surface area contributed by atoms with Crippen LogP contribution in [0, 0.1) is 0 Å². The highest BCUT2D eigenvalue weighted by Gasteiger charge is 2.80. The third kappa shape index (κ3) is 1.91. The molecule has 0 unspecified atom stereocenters. The third-order valence-electron chi connectivity index (χ3n) is 29.0. The maximum Gasteiger partial charge on any atom is 0.0703 e. The zero-order valence-electron chi connectivity index (χ0n) is 42.6. The van der Waals surface area contributed by atoms with E-state index >= 15 is 0 Å². The van der Waals surface area contributed by atoms with Gasteiger partial charge in [0.1, 0.15) is 0 Å². The second kappa shape index (κ2) is 7.83. The molecule has 2 aliphatic heterocycles. The molecule has 0 radical (unpaired) electrons. The Hall–Kier alpha value is -9.79. The lowest BCUT2D eigenvalue weighted by Crippen LogP contribution is -2.52. The van der Waals surface area contributed by atoms with E-state index in [4.69, 9.17) is 11.6 Å². The van der Waals surface area contributed by atoms with Crippen LogP contribution in [0.4, 0.5) is 5.69 Å². The highest BCUT2D eigenvalue weighted by atomic mass is 35.5. The summed E-state index contributed by atoms with van der Waals surface area (Å²) in [5.74, 6) is 0. The molecular weight excluding hydrogens is 1020 g/mol.